The number of benzene rings is 2. The highest BCUT2D eigenvalue weighted by molar-refractivity contribution is 5.89. The summed E-state index contributed by atoms with van der Waals surface area (Å²) < 4.78 is 39.6. The normalized spacial score (nSPS) is 27.6. The molecule has 0 saturated carbocycles. The Bertz CT molecular complexity index is 1250. The Kier molecular flexibility index (Phi) is 8.78. The Labute approximate surface area is 232 Å². The third kappa shape index (κ3) is 6.35. The van der Waals surface area contributed by atoms with E-state index in [0.717, 1.165) is 17.2 Å². The summed E-state index contributed by atoms with van der Waals surface area (Å²) in [4.78, 5) is 27.7. The molecule has 2 amide bonds. The molecule has 2 heterocycles. The second-order valence-corrected chi connectivity index (χ2v) is 10.6. The van der Waals surface area contributed by atoms with Gasteiger partial charge in [-0.1, -0.05) is 18.2 Å². The Morgan fingerprint density at radius 1 is 1.10 bits per heavy atom. The van der Waals surface area contributed by atoms with E-state index in [0.29, 0.717) is 43.7 Å². The molecular weight excluding hydrogens is 520 g/mol. The van der Waals surface area contributed by atoms with Crippen LogP contribution in [0.2, 0.25) is 0 Å². The number of carbonyl (C=O) groups is 2. The number of amides is 2. The van der Waals surface area contributed by atoms with E-state index in [9.17, 15) is 23.5 Å². The molecule has 2 aromatic carbocycles. The van der Waals surface area contributed by atoms with Gasteiger partial charge in [-0.2, -0.15) is 0 Å². The first kappa shape index (κ1) is 28.2. The lowest BCUT2D eigenvalue weighted by Crippen LogP contribution is -2.55. The molecule has 2 aromatic rings. The number of carbonyl (C=O) groups excluding carboxylic acids is 2. The number of nitrogens with one attached hydrogen (secondary N) is 2. The number of hydrogen-bond donors (Lipinski definition) is 3. The van der Waals surface area contributed by atoms with Gasteiger partial charge in [0.1, 0.15) is 23.4 Å². The van der Waals surface area contributed by atoms with Gasteiger partial charge >= 0.3 is 0 Å². The summed E-state index contributed by atoms with van der Waals surface area (Å²) >= 11 is 0. The Hall–Kier alpha value is -3.34. The number of likely N-dealkylation sites (tertiary alicyclic amines) is 1. The van der Waals surface area contributed by atoms with E-state index in [1.165, 1.54) is 12.1 Å². The summed E-state index contributed by atoms with van der Waals surface area (Å²) in [5.74, 6) is -1.29. The fraction of sp³-hybridized carbons (Fsp3) is 0.467. The van der Waals surface area contributed by atoms with E-state index in [2.05, 4.69) is 10.6 Å². The van der Waals surface area contributed by atoms with Crippen LogP contribution in [0.1, 0.15) is 54.5 Å². The SMILES string of the molecule is COc1ccc2c(c1)[C@@H]1C[C@H]2OCC=CCC(N2CCCC2=O)C(=O)N[C@@H](Cc2cc(F)cc(F)c2)[C@H](O)CN1. The lowest BCUT2D eigenvalue weighted by Gasteiger charge is -2.31. The van der Waals surface area contributed by atoms with Gasteiger partial charge in [-0.3, -0.25) is 9.59 Å². The summed E-state index contributed by atoms with van der Waals surface area (Å²) in [5, 5.41) is 17.6. The van der Waals surface area contributed by atoms with Gasteiger partial charge in [0.15, 0.2) is 0 Å². The first-order chi connectivity index (χ1) is 19.3. The summed E-state index contributed by atoms with van der Waals surface area (Å²) in [6.07, 6.45) is 4.38. The molecule has 214 valence electrons. The van der Waals surface area contributed by atoms with Gasteiger partial charge in [0.25, 0.3) is 0 Å². The first-order valence-corrected chi connectivity index (χ1v) is 13.7. The molecule has 8 nitrogen and oxygen atoms in total. The van der Waals surface area contributed by atoms with E-state index in [-0.39, 0.29) is 37.4 Å². The predicted octanol–water partition coefficient (Wildman–Crippen LogP) is 3.10. The van der Waals surface area contributed by atoms with Gasteiger partial charge in [0.05, 0.1) is 32.0 Å². The van der Waals surface area contributed by atoms with E-state index < -0.39 is 35.7 Å². The number of β-amino-alcohol motifs (C(OH)–C–C–N with tert-alkyl or cyclic N) is 1. The minimum absolute atomic E-state index is 0.000580. The van der Waals surface area contributed by atoms with E-state index in [1.54, 1.807) is 12.0 Å². The van der Waals surface area contributed by atoms with Gasteiger partial charge in [-0.15, -0.1) is 0 Å². The number of halogens is 2. The topological polar surface area (TPSA) is 100 Å². The van der Waals surface area contributed by atoms with Crippen molar-refractivity contribution >= 4 is 11.8 Å². The summed E-state index contributed by atoms with van der Waals surface area (Å²) in [7, 11) is 1.60. The third-order valence-corrected chi connectivity index (χ3v) is 7.92. The van der Waals surface area contributed by atoms with Crippen LogP contribution in [0.25, 0.3) is 0 Å². The fourth-order valence-corrected chi connectivity index (χ4v) is 5.88. The van der Waals surface area contributed by atoms with Crippen LogP contribution in [-0.2, 0) is 20.7 Å². The van der Waals surface area contributed by atoms with Crippen LogP contribution >= 0.6 is 0 Å². The number of fused-ring (bicyclic) bond motifs is 5. The molecule has 1 saturated heterocycles. The maximum Gasteiger partial charge on any atom is 0.243 e. The average Bonchev–Trinajstić information content (AvgIpc) is 3.50. The molecule has 0 aromatic heterocycles. The highest BCUT2D eigenvalue weighted by Crippen LogP contribution is 2.42. The molecule has 0 spiro atoms. The van der Waals surface area contributed by atoms with E-state index in [4.69, 9.17) is 9.47 Å². The maximum atomic E-state index is 14.0. The second kappa shape index (κ2) is 12.4. The van der Waals surface area contributed by atoms with E-state index in [1.807, 2.05) is 30.4 Å². The van der Waals surface area contributed by atoms with Crippen molar-refractivity contribution in [3.8, 4) is 5.75 Å². The van der Waals surface area contributed by atoms with Crippen molar-refractivity contribution in [1.29, 1.82) is 0 Å². The molecule has 1 aliphatic carbocycles. The zero-order valence-electron chi connectivity index (χ0n) is 22.4. The molecular formula is C30H35F2N3O5. The van der Waals surface area contributed by atoms with Gasteiger partial charge in [0, 0.05) is 31.6 Å². The quantitative estimate of drug-likeness (QED) is 0.502. The number of ether oxygens (including phenoxy) is 2. The standard InChI is InChI=1S/C30H35F2N3O5/c1-39-21-7-8-22-23(15-21)24-16-28(22)40-10-3-2-5-26(35-9-4-6-29(35)37)30(38)34-25(27(36)17-33-24)13-18-11-19(31)14-20(32)12-18/h2-3,7-8,11-12,14-15,24-28,33,36H,4-6,9-10,13,16-17H2,1H3,(H,34,38)/t24-,25-,26?,27+,28+/m0/s1. The fourth-order valence-electron chi connectivity index (χ4n) is 5.88. The predicted molar refractivity (Wildman–Crippen MR) is 144 cm³/mol. The van der Waals surface area contributed by atoms with E-state index >= 15 is 0 Å². The van der Waals surface area contributed by atoms with Crippen molar-refractivity contribution in [3.05, 3.63) is 76.9 Å². The molecule has 0 radical (unpaired) electrons. The highest BCUT2D eigenvalue weighted by atomic mass is 19.1. The van der Waals surface area contributed by atoms with Crippen LogP contribution in [0.15, 0.2) is 48.6 Å². The van der Waals surface area contributed by atoms with Crippen LogP contribution in [0, 0.1) is 11.6 Å². The monoisotopic (exact) mass is 555 g/mol. The number of rotatable bonds is 4. The lowest BCUT2D eigenvalue weighted by molar-refractivity contribution is -0.138. The van der Waals surface area contributed by atoms with Crippen LogP contribution in [-0.4, -0.2) is 66.8 Å². The van der Waals surface area contributed by atoms with Crippen molar-refractivity contribution in [2.75, 3.05) is 26.8 Å². The zero-order chi connectivity index (χ0) is 28.2. The van der Waals surface area contributed by atoms with Crippen LogP contribution < -0.4 is 15.4 Å². The van der Waals surface area contributed by atoms with Gasteiger partial charge in [0.2, 0.25) is 11.8 Å². The van der Waals surface area contributed by atoms with Crippen LogP contribution in [0.5, 0.6) is 5.75 Å². The molecule has 3 N–H and O–H groups in total. The molecule has 40 heavy (non-hydrogen) atoms. The summed E-state index contributed by atoms with van der Waals surface area (Å²) in [6, 6.07) is 7.21. The number of nitrogens with zero attached hydrogens (tertiary/aromatic N) is 1. The second-order valence-electron chi connectivity index (χ2n) is 10.6. The third-order valence-electron chi connectivity index (χ3n) is 7.92. The molecule has 1 fully saturated rings. The van der Waals surface area contributed by atoms with Crippen molar-refractivity contribution in [3.63, 3.8) is 0 Å². The average molecular weight is 556 g/mol. The minimum Gasteiger partial charge on any atom is -0.497 e. The Balaban J connectivity index is 1.44. The Morgan fingerprint density at radius 3 is 2.62 bits per heavy atom. The summed E-state index contributed by atoms with van der Waals surface area (Å²) in [5.41, 5.74) is 2.35. The number of hydrogen-bond acceptors (Lipinski definition) is 6. The molecule has 2 aliphatic heterocycles. The Morgan fingerprint density at radius 2 is 1.90 bits per heavy atom. The van der Waals surface area contributed by atoms with Gasteiger partial charge in [-0.25, -0.2) is 8.78 Å². The largest absolute Gasteiger partial charge is 0.497 e. The summed E-state index contributed by atoms with van der Waals surface area (Å²) in [6.45, 7) is 0.902. The number of methoxy groups -OCH3 is 1. The molecule has 10 heteroatoms. The molecule has 5 rings (SSSR count). The lowest BCUT2D eigenvalue weighted by atomic mass is 9.99. The smallest absolute Gasteiger partial charge is 0.243 e. The molecule has 3 aliphatic rings. The number of aliphatic hydroxyl groups is 1. The number of aliphatic hydroxyl groups excluding tert-OH is 1. The van der Waals surface area contributed by atoms with Crippen molar-refractivity contribution in [2.24, 2.45) is 0 Å². The van der Waals surface area contributed by atoms with Crippen molar-refractivity contribution in [1.82, 2.24) is 15.5 Å². The highest BCUT2D eigenvalue weighted by Gasteiger charge is 2.36. The van der Waals surface area contributed by atoms with Crippen LogP contribution in [0.4, 0.5) is 8.78 Å². The van der Waals surface area contributed by atoms with Gasteiger partial charge in [-0.05, 0) is 66.6 Å². The maximum absolute atomic E-state index is 14.0. The van der Waals surface area contributed by atoms with Crippen molar-refractivity contribution < 1.29 is 33.0 Å². The van der Waals surface area contributed by atoms with Gasteiger partial charge < -0.3 is 30.1 Å². The molecule has 1 unspecified atom stereocenters. The van der Waals surface area contributed by atoms with Crippen LogP contribution in [0.3, 0.4) is 0 Å². The first-order valence-electron chi connectivity index (χ1n) is 13.7. The zero-order valence-corrected chi connectivity index (χ0v) is 22.4. The molecule has 2 bridgehead atoms. The van der Waals surface area contributed by atoms with Crippen molar-refractivity contribution in [2.45, 2.75) is 62.4 Å². The molecule has 5 atom stereocenters. The minimum atomic E-state index is -1.10.